The van der Waals surface area contributed by atoms with Crippen LogP contribution in [-0.2, 0) is 0 Å². The molecule has 1 unspecified atom stereocenters. The van der Waals surface area contributed by atoms with Crippen molar-refractivity contribution < 1.29 is 9.11 Å². The highest BCUT2D eigenvalue weighted by atomic mass is 79.9. The molecular weight excluding hydrogens is 372 g/mol. The summed E-state index contributed by atoms with van der Waals surface area (Å²) < 4.78 is 20.6. The largest absolute Gasteiger partial charge is 0.347 e. The van der Waals surface area contributed by atoms with E-state index in [0.717, 1.165) is 27.3 Å². The number of rotatable bonds is 3. The molecule has 1 aromatic carbocycles. The van der Waals surface area contributed by atoms with E-state index in [1.165, 1.54) is 0 Å². The molecule has 7 heteroatoms. The van der Waals surface area contributed by atoms with Gasteiger partial charge in [0.25, 0.3) is 0 Å². The Labute approximate surface area is 138 Å². The van der Waals surface area contributed by atoms with Gasteiger partial charge < -0.3 is 4.90 Å². The third kappa shape index (κ3) is 3.43. The fourth-order valence-corrected chi connectivity index (χ4v) is 5.40. The van der Waals surface area contributed by atoms with E-state index in [2.05, 4.69) is 25.8 Å². The number of benzene rings is 1. The van der Waals surface area contributed by atoms with Gasteiger partial charge in [0.1, 0.15) is 0 Å². The molecule has 2 N–H and O–H groups in total. The van der Waals surface area contributed by atoms with Crippen LogP contribution in [-0.4, -0.2) is 38.7 Å². The summed E-state index contributed by atoms with van der Waals surface area (Å²) in [4.78, 5) is 6.76. The number of aromatic nitrogens is 1. The van der Waals surface area contributed by atoms with E-state index < -0.39 is 10.6 Å². The van der Waals surface area contributed by atoms with Crippen molar-refractivity contribution in [3.8, 4) is 11.3 Å². The van der Waals surface area contributed by atoms with E-state index >= 15 is 0 Å². The number of nitrogens with zero attached hydrogens (tertiary/aromatic N) is 2. The quantitative estimate of drug-likeness (QED) is 0.810. The van der Waals surface area contributed by atoms with Gasteiger partial charge in [0, 0.05) is 34.3 Å². The number of halogens is 1. The second-order valence-corrected chi connectivity index (χ2v) is 9.35. The molecular formula is C14H17BrN2O2S2. The molecule has 0 aliphatic carbocycles. The van der Waals surface area contributed by atoms with Gasteiger partial charge in [0.15, 0.2) is 5.13 Å². The minimum Gasteiger partial charge on any atom is -0.347 e. The summed E-state index contributed by atoms with van der Waals surface area (Å²) in [6, 6.07) is 8.25. The first-order valence-corrected chi connectivity index (χ1v) is 10.2. The van der Waals surface area contributed by atoms with E-state index in [1.807, 2.05) is 36.7 Å². The lowest BCUT2D eigenvalue weighted by Gasteiger charge is -2.28. The Morgan fingerprint density at radius 1 is 1.33 bits per heavy atom. The molecule has 0 spiro atoms. The molecule has 1 atom stereocenters. The Kier molecular flexibility index (Phi) is 4.29. The Hall–Kier alpha value is -0.600. The van der Waals surface area contributed by atoms with Gasteiger partial charge in [-0.1, -0.05) is 28.1 Å². The lowest BCUT2D eigenvalue weighted by molar-refractivity contribution is 0.494. The summed E-state index contributed by atoms with van der Waals surface area (Å²) in [6.45, 7) is 0. The van der Waals surface area contributed by atoms with Crippen molar-refractivity contribution in [2.45, 2.75) is 12.5 Å². The third-order valence-electron chi connectivity index (χ3n) is 3.72. The van der Waals surface area contributed by atoms with Crippen LogP contribution in [0.3, 0.4) is 0 Å². The summed E-state index contributed by atoms with van der Waals surface area (Å²) in [5.74, 6) is 0.962. The zero-order valence-corrected chi connectivity index (χ0v) is 14.8. The van der Waals surface area contributed by atoms with E-state index in [0.29, 0.717) is 11.5 Å². The molecule has 4 nitrogen and oxygen atoms in total. The van der Waals surface area contributed by atoms with Crippen molar-refractivity contribution in [2.75, 3.05) is 23.5 Å². The van der Waals surface area contributed by atoms with Crippen molar-refractivity contribution in [3.63, 3.8) is 0 Å². The van der Waals surface area contributed by atoms with Gasteiger partial charge in [0.2, 0.25) is 0 Å². The summed E-state index contributed by atoms with van der Waals surface area (Å²) >= 11 is 5.02. The molecule has 3 rings (SSSR count). The lowest BCUT2D eigenvalue weighted by Crippen LogP contribution is -2.31. The van der Waals surface area contributed by atoms with Crippen LogP contribution in [0.2, 0.25) is 0 Å². The second kappa shape index (κ2) is 5.89. The Morgan fingerprint density at radius 2 is 2.05 bits per heavy atom. The van der Waals surface area contributed by atoms with Crippen LogP contribution in [0.15, 0.2) is 34.1 Å². The topological polar surface area (TPSA) is 56.6 Å². The van der Waals surface area contributed by atoms with Crippen molar-refractivity contribution in [1.29, 1.82) is 0 Å². The lowest BCUT2D eigenvalue weighted by atomic mass is 10.2. The van der Waals surface area contributed by atoms with Crippen LogP contribution in [0.4, 0.5) is 5.13 Å². The van der Waals surface area contributed by atoms with Gasteiger partial charge >= 0.3 is 0 Å². The predicted molar refractivity (Wildman–Crippen MR) is 94.6 cm³/mol. The first-order chi connectivity index (χ1) is 9.94. The minimum absolute atomic E-state index is 0.166. The molecule has 1 aromatic heterocycles. The number of thiazole rings is 1. The van der Waals surface area contributed by atoms with Crippen LogP contribution >= 0.6 is 37.9 Å². The zero-order valence-electron chi connectivity index (χ0n) is 11.6. The van der Waals surface area contributed by atoms with Gasteiger partial charge in [-0.25, -0.2) is 4.98 Å². The van der Waals surface area contributed by atoms with E-state index in [9.17, 15) is 9.11 Å². The molecule has 2 heterocycles. The maximum Gasteiger partial charge on any atom is 0.185 e. The normalized spacial score (nSPS) is 22.2. The fourth-order valence-electron chi connectivity index (χ4n) is 2.44. The molecule has 1 fully saturated rings. The fraction of sp³-hybridized carbons (Fsp3) is 0.357. The first-order valence-electron chi connectivity index (χ1n) is 6.62. The molecule has 21 heavy (non-hydrogen) atoms. The monoisotopic (exact) mass is 388 g/mol. The molecule has 0 amide bonds. The van der Waals surface area contributed by atoms with Gasteiger partial charge in [-0.15, -0.1) is 11.3 Å². The van der Waals surface area contributed by atoms with Gasteiger partial charge in [-0.05, 0) is 18.6 Å². The van der Waals surface area contributed by atoms with Crippen LogP contribution in [0.25, 0.3) is 11.3 Å². The van der Waals surface area contributed by atoms with Crippen LogP contribution < -0.4 is 4.90 Å². The molecule has 114 valence electrons. The average molecular weight is 389 g/mol. The van der Waals surface area contributed by atoms with Crippen LogP contribution in [0.5, 0.6) is 0 Å². The van der Waals surface area contributed by atoms with Gasteiger partial charge in [-0.2, -0.15) is 10.6 Å². The van der Waals surface area contributed by atoms with E-state index in [-0.39, 0.29) is 6.04 Å². The minimum atomic E-state index is -2.37. The zero-order chi connectivity index (χ0) is 15.0. The molecule has 0 saturated carbocycles. The van der Waals surface area contributed by atoms with Gasteiger partial charge in [-0.3, -0.25) is 9.11 Å². The van der Waals surface area contributed by atoms with Crippen molar-refractivity contribution in [2.24, 2.45) is 0 Å². The SMILES string of the molecule is CN(c1nc(-c2ccc(Br)cc2)cs1)C1CCS(O)(O)C1. The molecule has 1 saturated heterocycles. The van der Waals surface area contributed by atoms with Crippen LogP contribution in [0, 0.1) is 0 Å². The first kappa shape index (κ1) is 15.3. The Bertz CT molecular complexity index is 630. The molecule has 1 aliphatic heterocycles. The summed E-state index contributed by atoms with van der Waals surface area (Å²) in [6.07, 6.45) is 0.812. The number of hydrogen-bond donors (Lipinski definition) is 2. The van der Waals surface area contributed by atoms with E-state index in [4.69, 9.17) is 0 Å². The molecule has 2 aromatic rings. The maximum absolute atomic E-state index is 9.76. The Morgan fingerprint density at radius 3 is 2.67 bits per heavy atom. The molecule has 0 radical (unpaired) electrons. The summed E-state index contributed by atoms with van der Waals surface area (Å²) in [5.41, 5.74) is 2.05. The molecule has 1 aliphatic rings. The van der Waals surface area contributed by atoms with Gasteiger partial charge in [0.05, 0.1) is 11.4 Å². The van der Waals surface area contributed by atoms with Crippen molar-refractivity contribution in [1.82, 2.24) is 4.98 Å². The second-order valence-electron chi connectivity index (χ2n) is 5.25. The Balaban J connectivity index is 1.77. The highest BCUT2D eigenvalue weighted by molar-refractivity contribution is 9.10. The summed E-state index contributed by atoms with van der Waals surface area (Å²) in [7, 11) is -0.387. The van der Waals surface area contributed by atoms with Crippen LogP contribution in [0.1, 0.15) is 6.42 Å². The predicted octanol–water partition coefficient (Wildman–Crippen LogP) is 4.53. The van der Waals surface area contributed by atoms with Crippen molar-refractivity contribution in [3.05, 3.63) is 34.1 Å². The van der Waals surface area contributed by atoms with Crippen molar-refractivity contribution >= 4 is 43.0 Å². The molecule has 0 bridgehead atoms. The highest BCUT2D eigenvalue weighted by Gasteiger charge is 2.32. The maximum atomic E-state index is 9.76. The summed E-state index contributed by atoms with van der Waals surface area (Å²) in [5, 5.41) is 2.97. The smallest absolute Gasteiger partial charge is 0.185 e. The number of anilines is 1. The highest BCUT2D eigenvalue weighted by Crippen LogP contribution is 2.47. The van der Waals surface area contributed by atoms with E-state index in [1.54, 1.807) is 11.3 Å². The average Bonchev–Trinajstić information content (AvgIpc) is 3.05. The third-order valence-corrected chi connectivity index (χ3v) is 6.99. The standard InChI is InChI=1S/C14H17BrN2O2S2/c1-17(12-6-7-21(18,19)9-12)14-16-13(8-20-14)10-2-4-11(15)5-3-10/h2-5,8,12,18-19H,6-7,9H2,1H3. The number of hydrogen-bond acceptors (Lipinski definition) is 5.